The third kappa shape index (κ3) is 6.99. The zero-order valence-electron chi connectivity index (χ0n) is 20.8. The number of allylic oxidation sites excluding steroid dienone is 3. The van der Waals surface area contributed by atoms with Crippen LogP contribution in [0.5, 0.6) is 0 Å². The lowest BCUT2D eigenvalue weighted by Gasteiger charge is -2.40. The average Bonchev–Trinajstić information content (AvgIpc) is 3.48. The first-order valence-corrected chi connectivity index (χ1v) is 12.1. The highest BCUT2D eigenvalue weighted by Crippen LogP contribution is 2.45. The molecule has 0 aliphatic carbocycles. The van der Waals surface area contributed by atoms with Crippen LogP contribution in [0.3, 0.4) is 0 Å². The number of carbonyl (C=O) groups excluding carboxylic acids is 1. The Kier molecular flexibility index (Phi) is 8.23. The molecule has 0 aromatic rings. The van der Waals surface area contributed by atoms with Crippen LogP contribution in [-0.2, 0) is 19.0 Å². The van der Waals surface area contributed by atoms with Gasteiger partial charge in [-0.3, -0.25) is 4.79 Å². The monoisotopic (exact) mass is 463 g/mol. The molecule has 3 saturated heterocycles. The third-order valence-corrected chi connectivity index (χ3v) is 6.78. The Labute approximate surface area is 197 Å². The summed E-state index contributed by atoms with van der Waals surface area (Å²) in [6.45, 7) is 12.3. The second kappa shape index (κ2) is 10.4. The summed E-state index contributed by atoms with van der Waals surface area (Å²) >= 11 is 0. The lowest BCUT2D eigenvalue weighted by molar-refractivity contribution is -0.272. The number of epoxide rings is 1. The van der Waals surface area contributed by atoms with Crippen LogP contribution in [-0.4, -0.2) is 64.6 Å². The van der Waals surface area contributed by atoms with E-state index in [0.717, 1.165) is 18.4 Å². The molecule has 3 aliphatic rings. The van der Waals surface area contributed by atoms with Gasteiger partial charge in [0.15, 0.2) is 5.79 Å². The Bertz CT molecular complexity index is 782. The summed E-state index contributed by atoms with van der Waals surface area (Å²) in [6, 6.07) is 0.000211. The summed E-state index contributed by atoms with van der Waals surface area (Å²) in [5.41, 5.74) is 0.339. The number of ether oxygens (including phenoxy) is 3. The molecule has 1 spiro atoms. The minimum atomic E-state index is -1.32. The van der Waals surface area contributed by atoms with Crippen LogP contribution >= 0.6 is 0 Å². The fraction of sp³-hybridized carbons (Fsp3) is 0.731. The summed E-state index contributed by atoms with van der Waals surface area (Å²) in [6.07, 6.45) is 9.80. The summed E-state index contributed by atoms with van der Waals surface area (Å²) in [5, 5.41) is 24.0. The van der Waals surface area contributed by atoms with Gasteiger partial charge in [-0.1, -0.05) is 50.6 Å². The van der Waals surface area contributed by atoms with Gasteiger partial charge in [-0.2, -0.15) is 0 Å². The number of carbonyl (C=O) groups is 1. The predicted octanol–water partition coefficient (Wildman–Crippen LogP) is 3.02. The summed E-state index contributed by atoms with van der Waals surface area (Å²) < 4.78 is 17.3. The standard InChI is InChI=1S/C26H41NO6/c1-16(2)7-12-23(28)27-20-13-18(4)21(32-19(20)5)10-8-17(3)9-11-22-24(29)26(15-31-26)14-25(6,30)33-22/h7-9,11-12,16,18-22,24,29-30H,10,13-15H2,1-6H3,(H,27,28)/b11-9+,12-7-,17-8+/t18-,19+,20+,21-,22+,24+,25-,26+/m0/s1. The average molecular weight is 464 g/mol. The van der Waals surface area contributed by atoms with Crippen LogP contribution in [0.2, 0.25) is 0 Å². The van der Waals surface area contributed by atoms with Crippen molar-refractivity contribution < 1.29 is 29.2 Å². The van der Waals surface area contributed by atoms with Gasteiger partial charge in [0, 0.05) is 6.42 Å². The van der Waals surface area contributed by atoms with E-state index in [-0.39, 0.29) is 30.6 Å². The molecule has 33 heavy (non-hydrogen) atoms. The van der Waals surface area contributed by atoms with Crippen LogP contribution in [0.25, 0.3) is 0 Å². The maximum absolute atomic E-state index is 12.2. The van der Waals surface area contributed by atoms with Crippen molar-refractivity contribution in [2.45, 2.75) is 103 Å². The van der Waals surface area contributed by atoms with Crippen molar-refractivity contribution in [3.8, 4) is 0 Å². The number of aliphatic hydroxyl groups is 2. The Morgan fingerprint density at radius 2 is 1.97 bits per heavy atom. The number of aliphatic hydroxyl groups excluding tert-OH is 1. The quantitative estimate of drug-likeness (QED) is 0.305. The van der Waals surface area contributed by atoms with Crippen molar-refractivity contribution in [2.24, 2.45) is 11.8 Å². The number of hydrogen-bond donors (Lipinski definition) is 3. The molecule has 3 rings (SSSR count). The zero-order chi connectivity index (χ0) is 24.4. The van der Waals surface area contributed by atoms with E-state index in [1.807, 2.05) is 39.8 Å². The first-order chi connectivity index (χ1) is 15.4. The van der Waals surface area contributed by atoms with E-state index >= 15 is 0 Å². The third-order valence-electron chi connectivity index (χ3n) is 6.78. The molecule has 186 valence electrons. The van der Waals surface area contributed by atoms with Crippen LogP contribution < -0.4 is 5.32 Å². The molecule has 1 amide bonds. The van der Waals surface area contributed by atoms with Gasteiger partial charge < -0.3 is 29.7 Å². The smallest absolute Gasteiger partial charge is 0.243 e. The fourth-order valence-electron chi connectivity index (χ4n) is 4.71. The SMILES string of the molecule is CC(/C=C/[C@H]1O[C@](C)(O)C[C@@]2(CO2)[C@@H]1O)=C\C[C@@H]1O[C@H](C)[C@H](NC(=O)/C=C\C(C)C)C[C@@H]1C. The van der Waals surface area contributed by atoms with Gasteiger partial charge in [-0.05, 0) is 51.5 Å². The van der Waals surface area contributed by atoms with Crippen molar-refractivity contribution in [2.75, 3.05) is 6.61 Å². The molecule has 0 bridgehead atoms. The van der Waals surface area contributed by atoms with E-state index < -0.39 is 23.6 Å². The predicted molar refractivity (Wildman–Crippen MR) is 126 cm³/mol. The first kappa shape index (κ1) is 26.1. The molecule has 7 nitrogen and oxygen atoms in total. The summed E-state index contributed by atoms with van der Waals surface area (Å²) in [7, 11) is 0. The minimum Gasteiger partial charge on any atom is -0.387 e. The highest BCUT2D eigenvalue weighted by Gasteiger charge is 2.61. The lowest BCUT2D eigenvalue weighted by Crippen LogP contribution is -2.54. The van der Waals surface area contributed by atoms with E-state index in [1.165, 1.54) is 0 Å². The van der Waals surface area contributed by atoms with Gasteiger partial charge in [0.2, 0.25) is 5.91 Å². The molecular formula is C26H41NO6. The van der Waals surface area contributed by atoms with Gasteiger partial charge in [-0.15, -0.1) is 0 Å². The largest absolute Gasteiger partial charge is 0.387 e. The zero-order valence-corrected chi connectivity index (χ0v) is 20.8. The topological polar surface area (TPSA) is 101 Å². The van der Waals surface area contributed by atoms with Crippen molar-refractivity contribution in [1.82, 2.24) is 5.32 Å². The molecule has 7 heteroatoms. The molecule has 3 N–H and O–H groups in total. The second-order valence-corrected chi connectivity index (χ2v) is 10.6. The van der Waals surface area contributed by atoms with E-state index in [4.69, 9.17) is 14.2 Å². The maximum atomic E-state index is 12.2. The lowest BCUT2D eigenvalue weighted by atomic mass is 9.87. The molecule has 0 radical (unpaired) electrons. The Balaban J connectivity index is 1.52. The van der Waals surface area contributed by atoms with E-state index in [2.05, 4.69) is 18.3 Å². The van der Waals surface area contributed by atoms with Gasteiger partial charge in [-0.25, -0.2) is 0 Å². The number of rotatable bonds is 7. The summed E-state index contributed by atoms with van der Waals surface area (Å²) in [5.74, 6) is -0.743. The number of nitrogens with one attached hydrogen (secondary N) is 1. The summed E-state index contributed by atoms with van der Waals surface area (Å²) in [4.78, 5) is 12.2. The Hall–Kier alpha value is -1.51. The van der Waals surface area contributed by atoms with Gasteiger partial charge >= 0.3 is 0 Å². The number of hydrogen-bond acceptors (Lipinski definition) is 6. The van der Waals surface area contributed by atoms with Gasteiger partial charge in [0.1, 0.15) is 17.8 Å². The molecule has 8 atom stereocenters. The molecule has 3 heterocycles. The minimum absolute atomic E-state index is 0.000211. The van der Waals surface area contributed by atoms with Crippen molar-refractivity contribution in [1.29, 1.82) is 0 Å². The van der Waals surface area contributed by atoms with Crippen LogP contribution in [0.15, 0.2) is 36.0 Å². The van der Waals surface area contributed by atoms with E-state index in [9.17, 15) is 15.0 Å². The Morgan fingerprint density at radius 1 is 1.27 bits per heavy atom. The number of amides is 1. The Morgan fingerprint density at radius 3 is 2.61 bits per heavy atom. The second-order valence-electron chi connectivity index (χ2n) is 10.6. The van der Waals surface area contributed by atoms with Gasteiger partial charge in [0.25, 0.3) is 0 Å². The van der Waals surface area contributed by atoms with Crippen molar-refractivity contribution >= 4 is 5.91 Å². The molecule has 0 aromatic heterocycles. The highest BCUT2D eigenvalue weighted by molar-refractivity contribution is 5.87. The van der Waals surface area contributed by atoms with Crippen molar-refractivity contribution in [3.63, 3.8) is 0 Å². The van der Waals surface area contributed by atoms with Crippen LogP contribution in [0.1, 0.15) is 60.8 Å². The first-order valence-electron chi connectivity index (χ1n) is 12.1. The van der Waals surface area contributed by atoms with Crippen molar-refractivity contribution in [3.05, 3.63) is 36.0 Å². The van der Waals surface area contributed by atoms with Gasteiger partial charge in [0.05, 0.1) is 24.9 Å². The highest BCUT2D eigenvalue weighted by atomic mass is 16.7. The molecule has 3 fully saturated rings. The molecule has 0 unspecified atom stereocenters. The fourth-order valence-corrected chi connectivity index (χ4v) is 4.71. The molecule has 0 aromatic carbocycles. The van der Waals surface area contributed by atoms with E-state index in [1.54, 1.807) is 19.1 Å². The maximum Gasteiger partial charge on any atom is 0.243 e. The molecule has 3 aliphatic heterocycles. The van der Waals surface area contributed by atoms with Crippen LogP contribution in [0.4, 0.5) is 0 Å². The van der Waals surface area contributed by atoms with Crippen LogP contribution in [0, 0.1) is 11.8 Å². The molecule has 0 saturated carbocycles. The molecular weight excluding hydrogens is 422 g/mol. The van der Waals surface area contributed by atoms with E-state index in [0.29, 0.717) is 18.4 Å². The normalized spacial score (nSPS) is 41.9.